The van der Waals surface area contributed by atoms with Gasteiger partial charge in [-0.25, -0.2) is 0 Å². The second kappa shape index (κ2) is 5.95. The van der Waals surface area contributed by atoms with E-state index in [0.29, 0.717) is 10.4 Å². The zero-order valence-electron chi connectivity index (χ0n) is 10.5. The zero-order chi connectivity index (χ0) is 14.8. The molecule has 2 unspecified atom stereocenters. The zero-order valence-corrected chi connectivity index (χ0v) is 11.3. The van der Waals surface area contributed by atoms with Crippen LogP contribution in [0.3, 0.4) is 0 Å². The minimum atomic E-state index is -4.40. The van der Waals surface area contributed by atoms with Crippen molar-refractivity contribution in [3.63, 3.8) is 0 Å². The van der Waals surface area contributed by atoms with Crippen LogP contribution in [-0.4, -0.2) is 11.7 Å². The molecule has 0 fully saturated rings. The van der Waals surface area contributed by atoms with Gasteiger partial charge in [-0.1, -0.05) is 24.3 Å². The molecule has 2 aromatic rings. The van der Waals surface area contributed by atoms with E-state index in [1.54, 1.807) is 23.6 Å². The lowest BCUT2D eigenvalue weighted by molar-refractivity contribution is -0.137. The van der Waals surface area contributed by atoms with Gasteiger partial charge in [0.05, 0.1) is 11.7 Å². The molecule has 1 aromatic carbocycles. The molecular formula is C14H14F3NOS. The number of halogens is 3. The molecule has 1 heterocycles. The van der Waals surface area contributed by atoms with Crippen LogP contribution in [0.5, 0.6) is 0 Å². The van der Waals surface area contributed by atoms with E-state index in [4.69, 9.17) is 5.73 Å². The summed E-state index contributed by atoms with van der Waals surface area (Å²) in [5.74, 6) is -0.559. The Hall–Kier alpha value is -1.37. The number of hydrogen-bond donors (Lipinski definition) is 2. The van der Waals surface area contributed by atoms with Crippen LogP contribution in [0.4, 0.5) is 13.2 Å². The van der Waals surface area contributed by atoms with Crippen LogP contribution in [0.2, 0.25) is 0 Å². The highest BCUT2D eigenvalue weighted by atomic mass is 32.1. The quantitative estimate of drug-likeness (QED) is 0.907. The Morgan fingerprint density at radius 3 is 2.50 bits per heavy atom. The fraction of sp³-hybridized carbons (Fsp3) is 0.286. The summed E-state index contributed by atoms with van der Waals surface area (Å²) in [6.45, 7) is 0.0698. The molecule has 0 saturated heterocycles. The molecule has 0 aliphatic heterocycles. The normalized spacial score (nSPS) is 15.1. The van der Waals surface area contributed by atoms with Crippen molar-refractivity contribution in [1.29, 1.82) is 0 Å². The summed E-state index contributed by atoms with van der Waals surface area (Å²) in [6, 6.07) is 8.48. The molecule has 0 bridgehead atoms. The highest BCUT2D eigenvalue weighted by Crippen LogP contribution is 2.36. The molecule has 1 aromatic heterocycles. The molecular weight excluding hydrogens is 287 g/mol. The van der Waals surface area contributed by atoms with Gasteiger partial charge in [0.2, 0.25) is 0 Å². The van der Waals surface area contributed by atoms with Gasteiger partial charge in [-0.2, -0.15) is 13.2 Å². The molecule has 20 heavy (non-hydrogen) atoms. The number of aliphatic hydroxyl groups is 1. The van der Waals surface area contributed by atoms with Crippen molar-refractivity contribution in [3.05, 3.63) is 57.8 Å². The van der Waals surface area contributed by atoms with Crippen LogP contribution in [0.1, 0.15) is 28.0 Å². The first kappa shape index (κ1) is 15.0. The van der Waals surface area contributed by atoms with E-state index in [1.807, 2.05) is 0 Å². The van der Waals surface area contributed by atoms with E-state index in [2.05, 4.69) is 0 Å². The Bertz CT molecular complexity index is 554. The fourth-order valence-electron chi connectivity index (χ4n) is 2.05. The summed E-state index contributed by atoms with van der Waals surface area (Å²) in [7, 11) is 0. The van der Waals surface area contributed by atoms with Gasteiger partial charge >= 0.3 is 6.18 Å². The van der Waals surface area contributed by atoms with Crippen molar-refractivity contribution < 1.29 is 18.3 Å². The standard InChI is InChI=1S/C14H14F3NOS/c15-14(16,17)10-4-1-3-9(7-10)11(8-18)13(19)12-5-2-6-20-12/h1-7,11,13,19H,8,18H2. The monoisotopic (exact) mass is 301 g/mol. The number of aliphatic hydroxyl groups excluding tert-OH is 1. The van der Waals surface area contributed by atoms with Crippen molar-refractivity contribution in [2.24, 2.45) is 5.73 Å². The van der Waals surface area contributed by atoms with Gasteiger partial charge < -0.3 is 10.8 Å². The first-order valence-corrected chi connectivity index (χ1v) is 6.90. The largest absolute Gasteiger partial charge is 0.416 e. The van der Waals surface area contributed by atoms with Gasteiger partial charge in [-0.05, 0) is 23.1 Å². The molecule has 0 saturated carbocycles. The summed E-state index contributed by atoms with van der Waals surface area (Å²) in [5.41, 5.74) is 5.30. The summed E-state index contributed by atoms with van der Waals surface area (Å²) in [6.07, 6.45) is -5.30. The van der Waals surface area contributed by atoms with Gasteiger partial charge in [0.25, 0.3) is 0 Å². The van der Waals surface area contributed by atoms with Crippen molar-refractivity contribution in [2.75, 3.05) is 6.54 Å². The lowest BCUT2D eigenvalue weighted by atomic mass is 9.91. The molecule has 0 aliphatic rings. The molecule has 108 valence electrons. The van der Waals surface area contributed by atoms with Gasteiger partial charge in [-0.3, -0.25) is 0 Å². The number of hydrogen-bond acceptors (Lipinski definition) is 3. The Labute approximate surface area is 118 Å². The van der Waals surface area contributed by atoms with Gasteiger partial charge in [0.15, 0.2) is 0 Å². The topological polar surface area (TPSA) is 46.2 Å². The van der Waals surface area contributed by atoms with E-state index < -0.39 is 23.8 Å². The van der Waals surface area contributed by atoms with Crippen LogP contribution in [0, 0.1) is 0 Å². The maximum Gasteiger partial charge on any atom is 0.416 e. The molecule has 6 heteroatoms. The molecule has 2 rings (SSSR count). The molecule has 3 N–H and O–H groups in total. The van der Waals surface area contributed by atoms with Gasteiger partial charge in [-0.15, -0.1) is 11.3 Å². The predicted octanol–water partition coefficient (Wildman–Crippen LogP) is 3.54. The Kier molecular flexibility index (Phi) is 4.47. The molecule has 2 nitrogen and oxygen atoms in total. The van der Waals surface area contributed by atoms with Crippen LogP contribution in [-0.2, 0) is 6.18 Å². The third-order valence-electron chi connectivity index (χ3n) is 3.11. The maximum atomic E-state index is 12.7. The lowest BCUT2D eigenvalue weighted by Crippen LogP contribution is -2.20. The number of rotatable bonds is 4. The molecule has 0 radical (unpaired) electrons. The van der Waals surface area contributed by atoms with Crippen molar-refractivity contribution in [1.82, 2.24) is 0 Å². The van der Waals surface area contributed by atoms with Crippen molar-refractivity contribution >= 4 is 11.3 Å². The smallest absolute Gasteiger partial charge is 0.387 e. The highest BCUT2D eigenvalue weighted by molar-refractivity contribution is 7.10. The fourth-order valence-corrected chi connectivity index (χ4v) is 2.83. The van der Waals surface area contributed by atoms with Crippen molar-refractivity contribution in [3.8, 4) is 0 Å². The summed E-state index contributed by atoms with van der Waals surface area (Å²) >= 11 is 1.35. The number of benzene rings is 1. The second-order valence-corrected chi connectivity index (χ2v) is 5.40. The number of nitrogens with two attached hydrogens (primary N) is 1. The third-order valence-corrected chi connectivity index (χ3v) is 4.05. The van der Waals surface area contributed by atoms with E-state index in [1.165, 1.54) is 17.4 Å². The van der Waals surface area contributed by atoms with Gasteiger partial charge in [0.1, 0.15) is 0 Å². The third kappa shape index (κ3) is 3.20. The van der Waals surface area contributed by atoms with E-state index in [-0.39, 0.29) is 6.54 Å². The molecule has 0 spiro atoms. The van der Waals surface area contributed by atoms with Crippen LogP contribution in [0.15, 0.2) is 41.8 Å². The average molecular weight is 301 g/mol. The first-order chi connectivity index (χ1) is 9.43. The van der Waals surface area contributed by atoms with E-state index >= 15 is 0 Å². The van der Waals surface area contributed by atoms with Crippen LogP contribution in [0.25, 0.3) is 0 Å². The van der Waals surface area contributed by atoms with Gasteiger partial charge in [0, 0.05) is 17.3 Å². The first-order valence-electron chi connectivity index (χ1n) is 6.02. The average Bonchev–Trinajstić information content (AvgIpc) is 2.93. The Morgan fingerprint density at radius 1 is 1.20 bits per heavy atom. The molecule has 0 amide bonds. The summed E-state index contributed by atoms with van der Waals surface area (Å²) < 4.78 is 38.2. The Morgan fingerprint density at radius 2 is 1.95 bits per heavy atom. The van der Waals surface area contributed by atoms with E-state index in [0.717, 1.165) is 12.1 Å². The van der Waals surface area contributed by atoms with Crippen LogP contribution < -0.4 is 5.73 Å². The highest BCUT2D eigenvalue weighted by Gasteiger charge is 2.32. The molecule has 2 atom stereocenters. The minimum Gasteiger partial charge on any atom is -0.387 e. The lowest BCUT2D eigenvalue weighted by Gasteiger charge is -2.22. The van der Waals surface area contributed by atoms with Crippen molar-refractivity contribution in [2.45, 2.75) is 18.2 Å². The van der Waals surface area contributed by atoms with E-state index in [9.17, 15) is 18.3 Å². The molecule has 0 aliphatic carbocycles. The Balaban J connectivity index is 2.32. The number of alkyl halides is 3. The summed E-state index contributed by atoms with van der Waals surface area (Å²) in [5, 5.41) is 12.1. The number of thiophene rings is 1. The van der Waals surface area contributed by atoms with Crippen LogP contribution >= 0.6 is 11.3 Å². The second-order valence-electron chi connectivity index (χ2n) is 4.43. The summed E-state index contributed by atoms with van der Waals surface area (Å²) in [4.78, 5) is 0.692. The SMILES string of the molecule is NCC(c1cccc(C(F)(F)F)c1)C(O)c1cccs1. The minimum absolute atomic E-state index is 0.0698. The predicted molar refractivity (Wildman–Crippen MR) is 72.5 cm³/mol. The maximum absolute atomic E-state index is 12.7.